The van der Waals surface area contributed by atoms with Crippen LogP contribution < -0.4 is 16.0 Å². The molecule has 6 nitrogen and oxygen atoms in total. The van der Waals surface area contributed by atoms with Gasteiger partial charge in [-0.15, -0.1) is 0 Å². The number of nitrogens with two attached hydrogens (primary N) is 1. The van der Waals surface area contributed by atoms with Gasteiger partial charge in [0.05, 0.1) is 0 Å². The first-order valence-corrected chi connectivity index (χ1v) is 8.09. The monoisotopic (exact) mass is 312 g/mol. The number of likely N-dealkylation sites (N-methyl/N-ethyl adjacent to an activating group) is 1. The van der Waals surface area contributed by atoms with Crippen LogP contribution in [-0.4, -0.2) is 47.6 Å². The van der Waals surface area contributed by atoms with Crippen LogP contribution in [0.1, 0.15) is 12.5 Å². The molecule has 6 heteroatoms. The fourth-order valence-corrected chi connectivity index (χ4v) is 2.79. The SMILES string of the molecule is CCN1CCN(c2ncnc(Nc3ccc(C)cc3)c2N)CC1. The van der Waals surface area contributed by atoms with Crippen molar-refractivity contribution >= 4 is 23.0 Å². The second-order valence-corrected chi connectivity index (χ2v) is 5.87. The number of aromatic nitrogens is 2. The van der Waals surface area contributed by atoms with E-state index in [1.165, 1.54) is 5.56 Å². The van der Waals surface area contributed by atoms with Gasteiger partial charge in [0, 0.05) is 31.9 Å². The lowest BCUT2D eigenvalue weighted by Gasteiger charge is -2.35. The minimum absolute atomic E-state index is 0.609. The summed E-state index contributed by atoms with van der Waals surface area (Å²) in [5.74, 6) is 1.49. The maximum atomic E-state index is 6.32. The fraction of sp³-hybridized carbons (Fsp3) is 0.412. The van der Waals surface area contributed by atoms with Crippen molar-refractivity contribution in [3.63, 3.8) is 0 Å². The zero-order valence-electron chi connectivity index (χ0n) is 13.8. The molecule has 0 saturated carbocycles. The normalized spacial score (nSPS) is 15.7. The minimum atomic E-state index is 0.609. The molecule has 1 aromatic heterocycles. The van der Waals surface area contributed by atoms with Crippen LogP contribution in [0.4, 0.5) is 23.0 Å². The topological polar surface area (TPSA) is 70.3 Å². The van der Waals surface area contributed by atoms with Crippen LogP contribution in [0, 0.1) is 6.92 Å². The van der Waals surface area contributed by atoms with Crippen molar-refractivity contribution in [2.45, 2.75) is 13.8 Å². The smallest absolute Gasteiger partial charge is 0.159 e. The standard InChI is InChI=1S/C17H24N6/c1-3-22-8-10-23(11-9-22)17-15(18)16(19-12-20-17)21-14-6-4-13(2)5-7-14/h4-7,12H,3,8-11,18H2,1-2H3,(H,19,20,21). The molecule has 3 N–H and O–H groups in total. The molecule has 3 rings (SSSR count). The summed E-state index contributed by atoms with van der Waals surface area (Å²) in [7, 11) is 0. The molecule has 0 unspecified atom stereocenters. The highest BCUT2D eigenvalue weighted by molar-refractivity contribution is 5.78. The van der Waals surface area contributed by atoms with Crippen molar-refractivity contribution in [2.24, 2.45) is 0 Å². The molecule has 1 saturated heterocycles. The molecule has 122 valence electrons. The van der Waals surface area contributed by atoms with Crippen LogP contribution in [0.3, 0.4) is 0 Å². The van der Waals surface area contributed by atoms with Crippen LogP contribution in [0.5, 0.6) is 0 Å². The van der Waals surface area contributed by atoms with E-state index in [1.54, 1.807) is 6.33 Å². The van der Waals surface area contributed by atoms with E-state index in [0.29, 0.717) is 11.5 Å². The Hall–Kier alpha value is -2.34. The van der Waals surface area contributed by atoms with Gasteiger partial charge in [-0.2, -0.15) is 0 Å². The molecule has 0 atom stereocenters. The molecule has 0 amide bonds. The Kier molecular flexibility index (Phi) is 4.62. The quantitative estimate of drug-likeness (QED) is 0.902. The van der Waals surface area contributed by atoms with Crippen molar-refractivity contribution < 1.29 is 0 Å². The van der Waals surface area contributed by atoms with Crippen LogP contribution >= 0.6 is 0 Å². The number of aryl methyl sites for hydroxylation is 1. The second kappa shape index (κ2) is 6.83. The highest BCUT2D eigenvalue weighted by Gasteiger charge is 2.20. The van der Waals surface area contributed by atoms with Gasteiger partial charge in [0.1, 0.15) is 12.0 Å². The fourth-order valence-electron chi connectivity index (χ4n) is 2.79. The molecule has 0 bridgehead atoms. The third-order valence-electron chi connectivity index (χ3n) is 4.30. The van der Waals surface area contributed by atoms with Gasteiger partial charge in [-0.1, -0.05) is 24.6 Å². The van der Waals surface area contributed by atoms with E-state index in [9.17, 15) is 0 Å². The highest BCUT2D eigenvalue weighted by atomic mass is 15.3. The Labute approximate surface area is 137 Å². The largest absolute Gasteiger partial charge is 0.393 e. The Balaban J connectivity index is 1.77. The summed E-state index contributed by atoms with van der Waals surface area (Å²) in [6.07, 6.45) is 1.58. The molecule has 0 aliphatic carbocycles. The van der Waals surface area contributed by atoms with Crippen molar-refractivity contribution in [1.82, 2.24) is 14.9 Å². The number of nitrogens with zero attached hydrogens (tertiary/aromatic N) is 4. The van der Waals surface area contributed by atoms with E-state index in [1.807, 2.05) is 12.1 Å². The molecular formula is C17H24N6. The molecule has 1 aliphatic rings. The van der Waals surface area contributed by atoms with Crippen LogP contribution in [-0.2, 0) is 0 Å². The lowest BCUT2D eigenvalue weighted by molar-refractivity contribution is 0.270. The number of benzene rings is 1. The summed E-state index contributed by atoms with van der Waals surface area (Å²) in [6.45, 7) is 9.32. The molecular weight excluding hydrogens is 288 g/mol. The number of nitrogens with one attached hydrogen (secondary N) is 1. The summed E-state index contributed by atoms with van der Waals surface area (Å²) in [4.78, 5) is 13.4. The van der Waals surface area contributed by atoms with E-state index < -0.39 is 0 Å². The molecule has 0 radical (unpaired) electrons. The Morgan fingerprint density at radius 3 is 2.43 bits per heavy atom. The van der Waals surface area contributed by atoms with Gasteiger partial charge in [0.2, 0.25) is 0 Å². The summed E-state index contributed by atoms with van der Waals surface area (Å²) in [6, 6.07) is 8.17. The lowest BCUT2D eigenvalue weighted by Crippen LogP contribution is -2.46. The zero-order chi connectivity index (χ0) is 16.2. The lowest BCUT2D eigenvalue weighted by atomic mass is 10.2. The molecule has 0 spiro atoms. The molecule has 23 heavy (non-hydrogen) atoms. The third kappa shape index (κ3) is 3.53. The summed E-state index contributed by atoms with van der Waals surface area (Å²) in [5.41, 5.74) is 9.12. The van der Waals surface area contributed by atoms with E-state index >= 15 is 0 Å². The van der Waals surface area contributed by atoms with Crippen LogP contribution in [0.15, 0.2) is 30.6 Å². The van der Waals surface area contributed by atoms with Crippen molar-refractivity contribution in [2.75, 3.05) is 48.7 Å². The maximum Gasteiger partial charge on any atom is 0.159 e. The summed E-state index contributed by atoms with van der Waals surface area (Å²) in [5, 5.41) is 3.29. The van der Waals surface area contributed by atoms with Gasteiger partial charge in [0.25, 0.3) is 0 Å². The molecule has 2 heterocycles. The first-order chi connectivity index (χ1) is 11.2. The molecule has 2 aromatic rings. The van der Waals surface area contributed by atoms with Crippen molar-refractivity contribution in [3.8, 4) is 0 Å². The number of hydrogen-bond donors (Lipinski definition) is 2. The predicted octanol–water partition coefficient (Wildman–Crippen LogP) is 2.25. The summed E-state index contributed by atoms with van der Waals surface area (Å²) < 4.78 is 0. The number of rotatable bonds is 4. The Morgan fingerprint density at radius 1 is 1.09 bits per heavy atom. The average Bonchev–Trinajstić information content (AvgIpc) is 2.59. The Morgan fingerprint density at radius 2 is 1.78 bits per heavy atom. The second-order valence-electron chi connectivity index (χ2n) is 5.87. The van der Waals surface area contributed by atoms with Gasteiger partial charge in [-0.25, -0.2) is 9.97 Å². The van der Waals surface area contributed by atoms with E-state index in [4.69, 9.17) is 5.73 Å². The average molecular weight is 312 g/mol. The predicted molar refractivity (Wildman–Crippen MR) is 95.2 cm³/mol. The van der Waals surface area contributed by atoms with Gasteiger partial charge < -0.3 is 20.9 Å². The van der Waals surface area contributed by atoms with E-state index in [0.717, 1.165) is 44.2 Å². The number of anilines is 4. The van der Waals surface area contributed by atoms with Gasteiger partial charge in [-0.05, 0) is 25.6 Å². The maximum absolute atomic E-state index is 6.32. The molecule has 1 fully saturated rings. The van der Waals surface area contributed by atoms with Gasteiger partial charge >= 0.3 is 0 Å². The highest BCUT2D eigenvalue weighted by Crippen LogP contribution is 2.29. The summed E-state index contributed by atoms with van der Waals surface area (Å²) >= 11 is 0. The van der Waals surface area contributed by atoms with Gasteiger partial charge in [0.15, 0.2) is 11.6 Å². The first-order valence-electron chi connectivity index (χ1n) is 8.09. The van der Waals surface area contributed by atoms with Crippen molar-refractivity contribution in [3.05, 3.63) is 36.2 Å². The Bertz CT molecular complexity index is 647. The number of hydrogen-bond acceptors (Lipinski definition) is 6. The molecule has 1 aromatic carbocycles. The van der Waals surface area contributed by atoms with E-state index in [-0.39, 0.29) is 0 Å². The van der Waals surface area contributed by atoms with Crippen LogP contribution in [0.2, 0.25) is 0 Å². The first kappa shape index (κ1) is 15.6. The van der Waals surface area contributed by atoms with Crippen molar-refractivity contribution in [1.29, 1.82) is 0 Å². The van der Waals surface area contributed by atoms with E-state index in [2.05, 4.69) is 51.1 Å². The molecule has 1 aliphatic heterocycles. The number of nitrogen functional groups attached to an aromatic ring is 1. The minimum Gasteiger partial charge on any atom is -0.393 e. The zero-order valence-corrected chi connectivity index (χ0v) is 13.8. The van der Waals surface area contributed by atoms with Gasteiger partial charge in [-0.3, -0.25) is 0 Å². The van der Waals surface area contributed by atoms with Crippen LogP contribution in [0.25, 0.3) is 0 Å². The number of piperazine rings is 1. The third-order valence-corrected chi connectivity index (χ3v) is 4.30.